The van der Waals surface area contributed by atoms with Gasteiger partial charge in [-0.3, -0.25) is 9.69 Å². The zero-order valence-electron chi connectivity index (χ0n) is 9.87. The molecule has 17 heavy (non-hydrogen) atoms. The van der Waals surface area contributed by atoms with Crippen LogP contribution < -0.4 is 5.32 Å². The number of terminal acetylenes is 1. The van der Waals surface area contributed by atoms with E-state index >= 15 is 0 Å². The van der Waals surface area contributed by atoms with Gasteiger partial charge in [0.2, 0.25) is 5.91 Å². The molecule has 0 fully saturated rings. The van der Waals surface area contributed by atoms with Gasteiger partial charge in [-0.1, -0.05) is 5.92 Å². The van der Waals surface area contributed by atoms with Crippen LogP contribution in [-0.4, -0.2) is 30.4 Å². The molecule has 0 radical (unpaired) electrons. The normalized spacial score (nSPS) is 12.2. The number of furan rings is 1. The van der Waals surface area contributed by atoms with Crippen LogP contribution in [0.2, 0.25) is 0 Å². The van der Waals surface area contributed by atoms with Crippen molar-refractivity contribution < 1.29 is 9.21 Å². The molecule has 1 amide bonds. The fraction of sp³-hybridized carbons (Fsp3) is 0.417. The Labute approximate surface area is 109 Å². The summed E-state index contributed by atoms with van der Waals surface area (Å²) < 4.78 is 6.06. The number of carbonyl (C=O) groups excluding carboxylic acids is 1. The molecule has 1 aromatic heterocycles. The first-order valence-electron chi connectivity index (χ1n) is 5.20. The molecule has 1 N–H and O–H groups in total. The van der Waals surface area contributed by atoms with E-state index in [1.54, 1.807) is 0 Å². The van der Waals surface area contributed by atoms with Crippen LogP contribution in [0.25, 0.3) is 0 Å². The van der Waals surface area contributed by atoms with Crippen molar-refractivity contribution in [3.8, 4) is 12.3 Å². The maximum atomic E-state index is 11.7. The van der Waals surface area contributed by atoms with Crippen LogP contribution in [-0.2, 0) is 11.3 Å². The van der Waals surface area contributed by atoms with Crippen LogP contribution >= 0.6 is 15.9 Å². The van der Waals surface area contributed by atoms with Gasteiger partial charge < -0.3 is 9.73 Å². The highest BCUT2D eigenvalue weighted by atomic mass is 79.9. The molecule has 5 heteroatoms. The van der Waals surface area contributed by atoms with Gasteiger partial charge in [-0.25, -0.2) is 0 Å². The number of hydrogen-bond acceptors (Lipinski definition) is 3. The number of halogens is 1. The Morgan fingerprint density at radius 2 is 2.41 bits per heavy atom. The van der Waals surface area contributed by atoms with Gasteiger partial charge in [-0.15, -0.1) is 6.42 Å². The van der Waals surface area contributed by atoms with Crippen molar-refractivity contribution in [2.75, 3.05) is 13.6 Å². The minimum Gasteiger partial charge on any atom is -0.453 e. The average molecular weight is 299 g/mol. The summed E-state index contributed by atoms with van der Waals surface area (Å²) >= 11 is 3.24. The molecule has 1 aromatic rings. The molecule has 0 saturated heterocycles. The molecule has 0 saturated carbocycles. The predicted octanol–water partition coefficient (Wildman–Crippen LogP) is 1.61. The highest BCUT2D eigenvalue weighted by Crippen LogP contribution is 2.15. The molecule has 1 heterocycles. The van der Waals surface area contributed by atoms with E-state index in [0.717, 1.165) is 5.76 Å². The minimum atomic E-state index is -0.257. The summed E-state index contributed by atoms with van der Waals surface area (Å²) in [7, 11) is 1.86. The smallest absolute Gasteiger partial charge is 0.237 e. The van der Waals surface area contributed by atoms with E-state index in [1.807, 2.05) is 31.0 Å². The summed E-state index contributed by atoms with van der Waals surface area (Å²) in [5, 5.41) is 2.65. The summed E-state index contributed by atoms with van der Waals surface area (Å²) in [6.45, 7) is 2.64. The van der Waals surface area contributed by atoms with Gasteiger partial charge in [-0.05, 0) is 42.0 Å². The predicted molar refractivity (Wildman–Crippen MR) is 69.2 cm³/mol. The number of hydrogen-bond donors (Lipinski definition) is 1. The van der Waals surface area contributed by atoms with E-state index in [2.05, 4.69) is 27.2 Å². The number of rotatable bonds is 5. The van der Waals surface area contributed by atoms with Gasteiger partial charge in [0.25, 0.3) is 0 Å². The van der Waals surface area contributed by atoms with E-state index in [0.29, 0.717) is 11.2 Å². The Kier molecular flexibility index (Phi) is 5.26. The first kappa shape index (κ1) is 13.8. The summed E-state index contributed by atoms with van der Waals surface area (Å²) in [5.74, 6) is 3.09. The topological polar surface area (TPSA) is 45.5 Å². The second kappa shape index (κ2) is 6.48. The van der Waals surface area contributed by atoms with Crippen molar-refractivity contribution in [2.24, 2.45) is 0 Å². The molecule has 92 valence electrons. The molecule has 1 unspecified atom stereocenters. The number of nitrogens with one attached hydrogen (secondary N) is 1. The van der Waals surface area contributed by atoms with Crippen LogP contribution in [0.3, 0.4) is 0 Å². The Hall–Kier alpha value is -1.25. The lowest BCUT2D eigenvalue weighted by Crippen LogP contribution is -2.42. The van der Waals surface area contributed by atoms with Crippen molar-refractivity contribution in [1.29, 1.82) is 0 Å². The maximum absolute atomic E-state index is 11.7. The molecule has 1 atom stereocenters. The lowest BCUT2D eigenvalue weighted by atomic mass is 10.2. The van der Waals surface area contributed by atoms with Crippen molar-refractivity contribution in [1.82, 2.24) is 10.2 Å². The van der Waals surface area contributed by atoms with Crippen LogP contribution in [0, 0.1) is 12.3 Å². The quantitative estimate of drug-likeness (QED) is 0.840. The van der Waals surface area contributed by atoms with E-state index in [1.165, 1.54) is 0 Å². The molecule has 0 spiro atoms. The Bertz CT molecular complexity index is 422. The van der Waals surface area contributed by atoms with Crippen LogP contribution in [0.4, 0.5) is 0 Å². The van der Waals surface area contributed by atoms with Gasteiger partial charge >= 0.3 is 0 Å². The number of likely N-dealkylation sites (N-methyl/N-ethyl adjacent to an activating group) is 1. The molecule has 1 rings (SSSR count). The van der Waals surface area contributed by atoms with Crippen LogP contribution in [0.15, 0.2) is 21.2 Å². The van der Waals surface area contributed by atoms with Crippen LogP contribution in [0.1, 0.15) is 12.7 Å². The monoisotopic (exact) mass is 298 g/mol. The lowest BCUT2D eigenvalue weighted by Gasteiger charge is -2.22. The summed E-state index contributed by atoms with van der Waals surface area (Å²) in [4.78, 5) is 13.5. The fourth-order valence-electron chi connectivity index (χ4n) is 1.31. The van der Waals surface area contributed by atoms with Crippen LogP contribution in [0.5, 0.6) is 0 Å². The first-order chi connectivity index (χ1) is 8.04. The van der Waals surface area contributed by atoms with Crippen molar-refractivity contribution in [3.05, 3.63) is 22.6 Å². The Morgan fingerprint density at radius 1 is 1.71 bits per heavy atom. The Morgan fingerprint density at radius 3 is 2.94 bits per heavy atom. The second-order valence-corrected chi connectivity index (χ2v) is 4.50. The van der Waals surface area contributed by atoms with Gasteiger partial charge in [0.05, 0.1) is 19.1 Å². The summed E-state index contributed by atoms with van der Waals surface area (Å²) in [5.41, 5.74) is 0. The Balaban J connectivity index is 2.49. The van der Waals surface area contributed by atoms with Crippen molar-refractivity contribution in [3.63, 3.8) is 0 Å². The van der Waals surface area contributed by atoms with Gasteiger partial charge in [0.1, 0.15) is 5.76 Å². The number of nitrogens with zero attached hydrogens (tertiary/aromatic N) is 1. The zero-order chi connectivity index (χ0) is 12.8. The van der Waals surface area contributed by atoms with Gasteiger partial charge in [0, 0.05) is 0 Å². The number of carbonyl (C=O) groups is 1. The highest BCUT2D eigenvalue weighted by molar-refractivity contribution is 9.10. The SMILES string of the molecule is C#CCNC(=O)C(C)N(C)Cc1ccc(Br)o1. The largest absolute Gasteiger partial charge is 0.453 e. The average Bonchev–Trinajstić information content (AvgIpc) is 2.70. The van der Waals surface area contributed by atoms with E-state index < -0.39 is 0 Å². The summed E-state index contributed by atoms with van der Waals surface area (Å²) in [6.07, 6.45) is 5.08. The van der Waals surface area contributed by atoms with E-state index in [-0.39, 0.29) is 18.5 Å². The molecule has 0 aromatic carbocycles. The van der Waals surface area contributed by atoms with E-state index in [4.69, 9.17) is 10.8 Å². The first-order valence-corrected chi connectivity index (χ1v) is 5.99. The standard InChI is InChI=1S/C12H15BrN2O2/c1-4-7-14-12(16)9(2)15(3)8-10-5-6-11(13)17-10/h1,5-6,9H,7-8H2,2-3H3,(H,14,16). The third-order valence-corrected chi connectivity index (χ3v) is 2.87. The fourth-order valence-corrected chi connectivity index (χ4v) is 1.65. The third kappa shape index (κ3) is 4.25. The molecule has 0 aliphatic heterocycles. The summed E-state index contributed by atoms with van der Waals surface area (Å²) in [6, 6.07) is 3.44. The number of amides is 1. The molecule has 0 aliphatic carbocycles. The lowest BCUT2D eigenvalue weighted by molar-refractivity contribution is -0.125. The molecule has 0 aliphatic rings. The second-order valence-electron chi connectivity index (χ2n) is 3.72. The maximum Gasteiger partial charge on any atom is 0.237 e. The molecular formula is C12H15BrN2O2. The van der Waals surface area contributed by atoms with Crippen molar-refractivity contribution >= 4 is 21.8 Å². The van der Waals surface area contributed by atoms with Gasteiger partial charge in [-0.2, -0.15) is 0 Å². The minimum absolute atomic E-state index is 0.0870. The highest BCUT2D eigenvalue weighted by Gasteiger charge is 2.18. The third-order valence-electron chi connectivity index (χ3n) is 2.44. The van der Waals surface area contributed by atoms with Crippen molar-refractivity contribution in [2.45, 2.75) is 19.5 Å². The molecule has 4 nitrogen and oxygen atoms in total. The molecule has 0 bridgehead atoms. The zero-order valence-corrected chi connectivity index (χ0v) is 11.5. The molecular weight excluding hydrogens is 284 g/mol. The van der Waals surface area contributed by atoms with Gasteiger partial charge in [0.15, 0.2) is 4.67 Å². The van der Waals surface area contributed by atoms with E-state index in [9.17, 15) is 4.79 Å².